The molecule has 0 unspecified atom stereocenters. The summed E-state index contributed by atoms with van der Waals surface area (Å²) in [7, 11) is 3.11. The molecular weight excluding hydrogens is 460 g/mol. The number of hydrogen-bond acceptors (Lipinski definition) is 6. The summed E-state index contributed by atoms with van der Waals surface area (Å²) in [6.45, 7) is 2.44. The molecule has 0 saturated carbocycles. The second-order valence-corrected chi connectivity index (χ2v) is 7.65. The van der Waals surface area contributed by atoms with Crippen LogP contribution in [0.25, 0.3) is 6.08 Å². The number of carbonyl (C=O) groups is 2. The summed E-state index contributed by atoms with van der Waals surface area (Å²) in [5.74, 6) is 1.62. The Hall–Kier alpha value is -4.46. The van der Waals surface area contributed by atoms with Crippen LogP contribution in [-0.2, 0) is 9.59 Å². The number of anilines is 2. The Morgan fingerprint density at radius 2 is 1.47 bits per heavy atom. The van der Waals surface area contributed by atoms with E-state index in [1.54, 1.807) is 61.7 Å². The fourth-order valence-electron chi connectivity index (χ4n) is 3.23. The third-order valence-corrected chi connectivity index (χ3v) is 4.92. The van der Waals surface area contributed by atoms with Crippen molar-refractivity contribution >= 4 is 29.3 Å². The van der Waals surface area contributed by atoms with Crippen LogP contribution >= 0.6 is 0 Å². The van der Waals surface area contributed by atoms with Crippen molar-refractivity contribution in [1.29, 1.82) is 0 Å². The standard InChI is InChI=1S/C28H30N2O6/c1-4-16-35-25-14-12-20(17-26(25)34-3)13-15-27(31)29-21-8-7-9-22(18-21)30-28(32)19-36-24-11-6-5-10-23(24)33-2/h5-15,17-18H,4,16,19H2,1-3H3,(H,29,31)(H,30,32). The summed E-state index contributed by atoms with van der Waals surface area (Å²) in [5.41, 5.74) is 1.86. The molecule has 3 aromatic carbocycles. The Labute approximate surface area is 210 Å². The van der Waals surface area contributed by atoms with Crippen molar-refractivity contribution in [2.24, 2.45) is 0 Å². The maximum Gasteiger partial charge on any atom is 0.262 e. The van der Waals surface area contributed by atoms with E-state index in [1.807, 2.05) is 25.1 Å². The molecule has 0 saturated heterocycles. The SMILES string of the molecule is CCCOc1ccc(C=CC(=O)Nc2cccc(NC(=O)COc3ccccc3OC)c2)cc1OC. The first-order valence-electron chi connectivity index (χ1n) is 11.5. The molecule has 0 atom stereocenters. The number of methoxy groups -OCH3 is 2. The highest BCUT2D eigenvalue weighted by Gasteiger charge is 2.09. The lowest BCUT2D eigenvalue weighted by Crippen LogP contribution is -2.20. The molecule has 36 heavy (non-hydrogen) atoms. The number of rotatable bonds is 12. The number of ether oxygens (including phenoxy) is 4. The largest absolute Gasteiger partial charge is 0.493 e. The molecule has 2 N–H and O–H groups in total. The Morgan fingerprint density at radius 1 is 0.778 bits per heavy atom. The summed E-state index contributed by atoms with van der Waals surface area (Å²) >= 11 is 0. The van der Waals surface area contributed by atoms with Crippen LogP contribution in [0.4, 0.5) is 11.4 Å². The van der Waals surface area contributed by atoms with E-state index in [-0.39, 0.29) is 18.4 Å². The lowest BCUT2D eigenvalue weighted by atomic mass is 10.2. The first-order valence-corrected chi connectivity index (χ1v) is 11.5. The molecule has 3 aromatic rings. The molecule has 0 bridgehead atoms. The zero-order valence-electron chi connectivity index (χ0n) is 20.6. The molecule has 3 rings (SSSR count). The first-order chi connectivity index (χ1) is 17.5. The molecule has 188 valence electrons. The van der Waals surface area contributed by atoms with Gasteiger partial charge in [-0.05, 0) is 60.5 Å². The average molecular weight is 491 g/mol. The van der Waals surface area contributed by atoms with Crippen LogP contribution in [0.15, 0.2) is 72.8 Å². The molecule has 0 radical (unpaired) electrons. The van der Waals surface area contributed by atoms with Crippen LogP contribution in [0.2, 0.25) is 0 Å². The van der Waals surface area contributed by atoms with E-state index >= 15 is 0 Å². The van der Waals surface area contributed by atoms with Crippen molar-refractivity contribution in [2.75, 3.05) is 38.1 Å². The van der Waals surface area contributed by atoms with Gasteiger partial charge in [-0.1, -0.05) is 31.2 Å². The van der Waals surface area contributed by atoms with Crippen LogP contribution in [0.1, 0.15) is 18.9 Å². The molecule has 0 heterocycles. The van der Waals surface area contributed by atoms with Gasteiger partial charge in [-0.25, -0.2) is 0 Å². The van der Waals surface area contributed by atoms with Gasteiger partial charge in [0.1, 0.15) is 0 Å². The van der Waals surface area contributed by atoms with Crippen LogP contribution in [0.5, 0.6) is 23.0 Å². The zero-order chi connectivity index (χ0) is 25.8. The van der Waals surface area contributed by atoms with Gasteiger partial charge >= 0.3 is 0 Å². The third kappa shape index (κ3) is 7.80. The monoisotopic (exact) mass is 490 g/mol. The summed E-state index contributed by atoms with van der Waals surface area (Å²) in [6, 6.07) is 19.4. The average Bonchev–Trinajstić information content (AvgIpc) is 2.90. The van der Waals surface area contributed by atoms with Gasteiger partial charge in [-0.3, -0.25) is 9.59 Å². The molecule has 8 nitrogen and oxygen atoms in total. The Kier molecular flexibility index (Phi) is 9.76. The molecule has 0 aliphatic carbocycles. The third-order valence-electron chi connectivity index (χ3n) is 4.92. The highest BCUT2D eigenvalue weighted by atomic mass is 16.5. The number of benzene rings is 3. The van der Waals surface area contributed by atoms with Gasteiger partial charge in [0, 0.05) is 17.5 Å². The predicted octanol–water partition coefficient (Wildman–Crippen LogP) is 5.16. The minimum atomic E-state index is -0.343. The van der Waals surface area contributed by atoms with Crippen LogP contribution in [0.3, 0.4) is 0 Å². The number of para-hydroxylation sites is 2. The van der Waals surface area contributed by atoms with Gasteiger partial charge in [0.25, 0.3) is 5.91 Å². The second kappa shape index (κ2) is 13.4. The summed E-state index contributed by atoms with van der Waals surface area (Å²) in [5, 5.41) is 5.54. The molecule has 8 heteroatoms. The molecule has 0 aliphatic heterocycles. The van der Waals surface area contributed by atoms with E-state index in [9.17, 15) is 9.59 Å². The van der Waals surface area contributed by atoms with Gasteiger partial charge < -0.3 is 29.6 Å². The molecule has 0 aromatic heterocycles. The first kappa shape index (κ1) is 26.2. The summed E-state index contributed by atoms with van der Waals surface area (Å²) in [4.78, 5) is 24.7. The van der Waals surface area contributed by atoms with Gasteiger partial charge in [0.2, 0.25) is 5.91 Å². The smallest absolute Gasteiger partial charge is 0.262 e. The zero-order valence-corrected chi connectivity index (χ0v) is 20.6. The highest BCUT2D eigenvalue weighted by Crippen LogP contribution is 2.29. The van der Waals surface area contributed by atoms with Gasteiger partial charge in [-0.15, -0.1) is 0 Å². The van der Waals surface area contributed by atoms with Crippen LogP contribution in [0, 0.1) is 0 Å². The molecule has 0 aliphatic rings. The number of hydrogen-bond donors (Lipinski definition) is 2. The quantitative estimate of drug-likeness (QED) is 0.341. The summed E-state index contributed by atoms with van der Waals surface area (Å²) < 4.78 is 21.8. The van der Waals surface area contributed by atoms with E-state index in [1.165, 1.54) is 13.2 Å². The number of nitrogens with one attached hydrogen (secondary N) is 2. The van der Waals surface area contributed by atoms with Crippen molar-refractivity contribution in [3.05, 3.63) is 78.4 Å². The molecule has 0 spiro atoms. The van der Waals surface area contributed by atoms with Crippen LogP contribution < -0.4 is 29.6 Å². The number of carbonyl (C=O) groups excluding carboxylic acids is 2. The lowest BCUT2D eigenvalue weighted by Gasteiger charge is -2.11. The molecule has 2 amide bonds. The Morgan fingerprint density at radius 3 is 2.19 bits per heavy atom. The van der Waals surface area contributed by atoms with E-state index in [0.29, 0.717) is 41.0 Å². The molecule has 0 fully saturated rings. The number of amides is 2. The second-order valence-electron chi connectivity index (χ2n) is 7.65. The van der Waals surface area contributed by atoms with Crippen molar-refractivity contribution in [1.82, 2.24) is 0 Å². The van der Waals surface area contributed by atoms with E-state index in [0.717, 1.165) is 12.0 Å². The van der Waals surface area contributed by atoms with E-state index in [2.05, 4.69) is 10.6 Å². The fraction of sp³-hybridized carbons (Fsp3) is 0.214. The maximum atomic E-state index is 12.4. The van der Waals surface area contributed by atoms with Gasteiger partial charge in [0.15, 0.2) is 29.6 Å². The van der Waals surface area contributed by atoms with Crippen molar-refractivity contribution in [3.8, 4) is 23.0 Å². The van der Waals surface area contributed by atoms with Crippen molar-refractivity contribution in [2.45, 2.75) is 13.3 Å². The minimum absolute atomic E-state index is 0.189. The summed E-state index contributed by atoms with van der Waals surface area (Å²) in [6.07, 6.45) is 4.00. The van der Waals surface area contributed by atoms with E-state index < -0.39 is 0 Å². The minimum Gasteiger partial charge on any atom is -0.493 e. The van der Waals surface area contributed by atoms with Gasteiger partial charge in [0.05, 0.1) is 20.8 Å². The highest BCUT2D eigenvalue weighted by molar-refractivity contribution is 6.02. The fourth-order valence-corrected chi connectivity index (χ4v) is 3.23. The van der Waals surface area contributed by atoms with Crippen molar-refractivity contribution in [3.63, 3.8) is 0 Å². The maximum absolute atomic E-state index is 12.4. The predicted molar refractivity (Wildman–Crippen MR) is 140 cm³/mol. The Bertz CT molecular complexity index is 1210. The molecular formula is C28H30N2O6. The van der Waals surface area contributed by atoms with E-state index in [4.69, 9.17) is 18.9 Å². The normalized spacial score (nSPS) is 10.5. The topological polar surface area (TPSA) is 95.1 Å². The van der Waals surface area contributed by atoms with Gasteiger partial charge in [-0.2, -0.15) is 0 Å². The Balaban J connectivity index is 1.55. The van der Waals surface area contributed by atoms with Crippen molar-refractivity contribution < 1.29 is 28.5 Å². The lowest BCUT2D eigenvalue weighted by molar-refractivity contribution is -0.118. The van der Waals surface area contributed by atoms with Crippen LogP contribution in [-0.4, -0.2) is 39.2 Å².